The third-order valence-corrected chi connectivity index (χ3v) is 3.72. The highest BCUT2D eigenvalue weighted by molar-refractivity contribution is 5.52. The van der Waals surface area contributed by atoms with Gasteiger partial charge in [0.25, 0.3) is 0 Å². The lowest BCUT2D eigenvalue weighted by Crippen LogP contribution is -2.02. The molecule has 0 aliphatic rings. The summed E-state index contributed by atoms with van der Waals surface area (Å²) >= 11 is 0. The van der Waals surface area contributed by atoms with Crippen molar-refractivity contribution in [2.45, 2.75) is 34.6 Å². The molecule has 138 valence electrons. The lowest BCUT2D eigenvalue weighted by Gasteiger charge is -2.04. The highest BCUT2D eigenvalue weighted by atomic mass is 16.5. The van der Waals surface area contributed by atoms with Crippen LogP contribution in [0, 0.1) is 6.92 Å². The molecule has 0 N–H and O–H groups in total. The van der Waals surface area contributed by atoms with E-state index < -0.39 is 5.63 Å². The first kappa shape index (κ1) is 21.2. The SMILES string of the molecule is CC=C(C)C=C(C)C=C(C)C=CC=CC=Cc1oc(=O)cc(OC)c1C. The third kappa shape index (κ3) is 7.39. The second kappa shape index (κ2) is 10.9. The molecule has 0 saturated heterocycles. The Balaban J connectivity index is 2.74. The molecule has 0 radical (unpaired) electrons. The molecule has 0 fully saturated rings. The van der Waals surface area contributed by atoms with Crippen molar-refractivity contribution in [3.05, 3.63) is 93.1 Å². The van der Waals surface area contributed by atoms with Crippen LogP contribution in [0.3, 0.4) is 0 Å². The molecule has 0 aromatic carbocycles. The first-order valence-corrected chi connectivity index (χ1v) is 8.57. The molecule has 1 rings (SSSR count). The van der Waals surface area contributed by atoms with Crippen LogP contribution in [0.25, 0.3) is 6.08 Å². The van der Waals surface area contributed by atoms with E-state index in [2.05, 4.69) is 39.0 Å². The van der Waals surface area contributed by atoms with Crippen molar-refractivity contribution in [3.63, 3.8) is 0 Å². The van der Waals surface area contributed by atoms with Gasteiger partial charge in [-0.05, 0) is 40.7 Å². The first-order valence-electron chi connectivity index (χ1n) is 8.57. The summed E-state index contributed by atoms with van der Waals surface area (Å²) < 4.78 is 10.3. The lowest BCUT2D eigenvalue weighted by atomic mass is 10.1. The van der Waals surface area contributed by atoms with E-state index in [1.807, 2.05) is 44.2 Å². The van der Waals surface area contributed by atoms with Crippen LogP contribution in [-0.2, 0) is 0 Å². The van der Waals surface area contributed by atoms with E-state index in [1.165, 1.54) is 29.9 Å². The van der Waals surface area contributed by atoms with Crippen molar-refractivity contribution in [2.75, 3.05) is 7.11 Å². The Morgan fingerprint density at radius 3 is 2.31 bits per heavy atom. The van der Waals surface area contributed by atoms with E-state index in [0.29, 0.717) is 11.5 Å². The Bertz CT molecular complexity index is 841. The van der Waals surface area contributed by atoms with Gasteiger partial charge in [-0.25, -0.2) is 4.79 Å². The van der Waals surface area contributed by atoms with E-state index in [1.54, 1.807) is 6.08 Å². The van der Waals surface area contributed by atoms with Crippen molar-refractivity contribution in [3.8, 4) is 5.75 Å². The molecule has 0 spiro atoms. The summed E-state index contributed by atoms with van der Waals surface area (Å²) in [6, 6.07) is 1.34. The van der Waals surface area contributed by atoms with Crippen molar-refractivity contribution in [1.29, 1.82) is 0 Å². The zero-order valence-corrected chi connectivity index (χ0v) is 16.5. The number of hydrogen-bond acceptors (Lipinski definition) is 3. The fraction of sp³-hybridized carbons (Fsp3) is 0.261. The summed E-state index contributed by atoms with van der Waals surface area (Å²) in [4.78, 5) is 11.5. The molecule has 0 atom stereocenters. The van der Waals surface area contributed by atoms with Gasteiger partial charge in [0.2, 0.25) is 0 Å². The Labute approximate surface area is 156 Å². The first-order chi connectivity index (χ1) is 12.4. The second-order valence-corrected chi connectivity index (χ2v) is 6.04. The van der Waals surface area contributed by atoms with Crippen LogP contribution in [0.5, 0.6) is 5.75 Å². The molecule has 0 unspecified atom stereocenters. The van der Waals surface area contributed by atoms with E-state index >= 15 is 0 Å². The molecule has 1 aromatic rings. The minimum atomic E-state index is -0.423. The monoisotopic (exact) mass is 352 g/mol. The maximum atomic E-state index is 11.5. The summed E-state index contributed by atoms with van der Waals surface area (Å²) in [5.41, 5.74) is 4.01. The van der Waals surface area contributed by atoms with Gasteiger partial charge in [0.1, 0.15) is 11.5 Å². The second-order valence-electron chi connectivity index (χ2n) is 6.04. The molecule has 1 heterocycles. The van der Waals surface area contributed by atoms with Gasteiger partial charge < -0.3 is 9.15 Å². The smallest absolute Gasteiger partial charge is 0.339 e. The van der Waals surface area contributed by atoms with Gasteiger partial charge in [0.05, 0.1) is 13.2 Å². The van der Waals surface area contributed by atoms with Gasteiger partial charge in [0.15, 0.2) is 0 Å². The molecular weight excluding hydrogens is 324 g/mol. The Hall–Kier alpha value is -2.81. The van der Waals surface area contributed by atoms with Crippen LogP contribution >= 0.6 is 0 Å². The maximum Gasteiger partial charge on any atom is 0.339 e. The van der Waals surface area contributed by atoms with Crippen molar-refractivity contribution < 1.29 is 9.15 Å². The number of allylic oxidation sites excluding steroid dienone is 11. The molecule has 26 heavy (non-hydrogen) atoms. The standard InChI is InChI=1S/C23H28O3/c1-7-17(2)14-19(4)15-18(3)12-10-8-9-11-13-21-20(5)22(25-6)16-23(24)26-21/h7-16H,1-6H3. The molecular formula is C23H28O3. The van der Waals surface area contributed by atoms with Crippen molar-refractivity contribution in [1.82, 2.24) is 0 Å². The Morgan fingerprint density at radius 2 is 1.65 bits per heavy atom. The van der Waals surface area contributed by atoms with Crippen LogP contribution < -0.4 is 10.4 Å². The minimum absolute atomic E-state index is 0.423. The van der Waals surface area contributed by atoms with Crippen LogP contribution in [0.15, 0.2) is 80.6 Å². The zero-order chi connectivity index (χ0) is 19.5. The lowest BCUT2D eigenvalue weighted by molar-refractivity contribution is 0.396. The summed E-state index contributed by atoms with van der Waals surface area (Å²) in [5.74, 6) is 1.03. The largest absolute Gasteiger partial charge is 0.496 e. The molecule has 0 bridgehead atoms. The fourth-order valence-electron chi connectivity index (χ4n) is 2.29. The minimum Gasteiger partial charge on any atom is -0.496 e. The van der Waals surface area contributed by atoms with Gasteiger partial charge in [-0.2, -0.15) is 0 Å². The van der Waals surface area contributed by atoms with Gasteiger partial charge >= 0.3 is 5.63 Å². The van der Waals surface area contributed by atoms with Gasteiger partial charge in [-0.3, -0.25) is 0 Å². The predicted molar refractivity (Wildman–Crippen MR) is 111 cm³/mol. The van der Waals surface area contributed by atoms with Crippen molar-refractivity contribution >= 4 is 6.08 Å². The maximum absolute atomic E-state index is 11.5. The molecule has 0 saturated carbocycles. The van der Waals surface area contributed by atoms with Crippen molar-refractivity contribution in [2.24, 2.45) is 0 Å². The highest BCUT2D eigenvalue weighted by Crippen LogP contribution is 2.19. The number of ether oxygens (including phenoxy) is 1. The third-order valence-electron chi connectivity index (χ3n) is 3.72. The summed E-state index contributed by atoms with van der Waals surface area (Å²) in [5, 5.41) is 0. The van der Waals surface area contributed by atoms with E-state index in [-0.39, 0.29) is 0 Å². The molecule has 3 nitrogen and oxygen atoms in total. The summed E-state index contributed by atoms with van der Waals surface area (Å²) in [6.45, 7) is 10.1. The van der Waals surface area contributed by atoms with Gasteiger partial charge in [0, 0.05) is 5.56 Å². The van der Waals surface area contributed by atoms with E-state index in [9.17, 15) is 4.79 Å². The van der Waals surface area contributed by atoms with E-state index in [4.69, 9.17) is 9.15 Å². The molecule has 0 aliphatic heterocycles. The molecule has 3 heteroatoms. The Morgan fingerprint density at radius 1 is 1.00 bits per heavy atom. The Kier molecular flexibility index (Phi) is 8.93. The average molecular weight is 352 g/mol. The normalized spacial score (nSPS) is 14.2. The number of hydrogen-bond donors (Lipinski definition) is 0. The van der Waals surface area contributed by atoms with Gasteiger partial charge in [-0.1, -0.05) is 65.3 Å². The van der Waals surface area contributed by atoms with Gasteiger partial charge in [-0.15, -0.1) is 0 Å². The summed E-state index contributed by atoms with van der Waals surface area (Å²) in [7, 11) is 1.53. The van der Waals surface area contributed by atoms with Crippen LogP contribution in [-0.4, -0.2) is 7.11 Å². The number of rotatable bonds is 7. The molecule has 0 amide bonds. The van der Waals surface area contributed by atoms with Crippen LogP contribution in [0.1, 0.15) is 39.0 Å². The van der Waals surface area contributed by atoms with Crippen LogP contribution in [0.4, 0.5) is 0 Å². The topological polar surface area (TPSA) is 39.4 Å². The molecule has 1 aromatic heterocycles. The predicted octanol–water partition coefficient (Wildman–Crippen LogP) is 5.94. The van der Waals surface area contributed by atoms with E-state index in [0.717, 1.165) is 5.56 Å². The highest BCUT2D eigenvalue weighted by Gasteiger charge is 2.06. The quantitative estimate of drug-likeness (QED) is 0.570. The zero-order valence-electron chi connectivity index (χ0n) is 16.5. The fourth-order valence-corrected chi connectivity index (χ4v) is 2.29. The molecule has 0 aliphatic carbocycles. The van der Waals surface area contributed by atoms with Crippen LogP contribution in [0.2, 0.25) is 0 Å². The number of methoxy groups -OCH3 is 1. The average Bonchev–Trinajstić information content (AvgIpc) is 2.59. The summed E-state index contributed by atoms with van der Waals surface area (Å²) in [6.07, 6.45) is 17.8.